The third-order valence-corrected chi connectivity index (χ3v) is 3.81. The number of hydrogen-bond acceptors (Lipinski definition) is 1. The molecule has 0 heterocycles. The van der Waals surface area contributed by atoms with Crippen LogP contribution in [0.5, 0.6) is 0 Å². The SMILES string of the molecule is CC1=CC=C(c2cccc(-c3cccc(N)c3)c2)CC1. The van der Waals surface area contributed by atoms with Crippen LogP contribution in [-0.4, -0.2) is 0 Å². The molecule has 0 bridgehead atoms. The van der Waals surface area contributed by atoms with Crippen LogP contribution in [0.4, 0.5) is 5.69 Å². The Balaban J connectivity index is 1.98. The number of benzene rings is 2. The molecule has 0 radical (unpaired) electrons. The maximum Gasteiger partial charge on any atom is 0.0320 e. The van der Waals surface area contributed by atoms with Crippen molar-refractivity contribution in [1.82, 2.24) is 0 Å². The molecule has 0 atom stereocenters. The van der Waals surface area contributed by atoms with Crippen LogP contribution < -0.4 is 5.73 Å². The Morgan fingerprint density at radius 2 is 1.50 bits per heavy atom. The zero-order valence-electron chi connectivity index (χ0n) is 11.8. The van der Waals surface area contributed by atoms with Crippen molar-refractivity contribution in [2.45, 2.75) is 19.8 Å². The molecule has 100 valence electrons. The van der Waals surface area contributed by atoms with Gasteiger partial charge in [0.1, 0.15) is 0 Å². The lowest BCUT2D eigenvalue weighted by molar-refractivity contribution is 0.977. The van der Waals surface area contributed by atoms with E-state index in [-0.39, 0.29) is 0 Å². The summed E-state index contributed by atoms with van der Waals surface area (Å²) >= 11 is 0. The van der Waals surface area contributed by atoms with Gasteiger partial charge in [-0.1, -0.05) is 48.1 Å². The van der Waals surface area contributed by atoms with Crippen LogP contribution in [-0.2, 0) is 0 Å². The smallest absolute Gasteiger partial charge is 0.0320 e. The van der Waals surface area contributed by atoms with Crippen molar-refractivity contribution in [1.29, 1.82) is 0 Å². The van der Waals surface area contributed by atoms with Crippen LogP contribution in [0.1, 0.15) is 25.3 Å². The van der Waals surface area contributed by atoms with Crippen LogP contribution in [0.25, 0.3) is 16.7 Å². The van der Waals surface area contributed by atoms with E-state index in [1.54, 1.807) is 0 Å². The maximum atomic E-state index is 5.87. The highest BCUT2D eigenvalue weighted by Crippen LogP contribution is 2.30. The van der Waals surface area contributed by atoms with E-state index in [2.05, 4.69) is 49.4 Å². The minimum atomic E-state index is 0.809. The minimum Gasteiger partial charge on any atom is -0.399 e. The molecule has 0 saturated heterocycles. The lowest BCUT2D eigenvalue weighted by Gasteiger charge is -2.13. The van der Waals surface area contributed by atoms with Crippen molar-refractivity contribution in [2.75, 3.05) is 5.73 Å². The Kier molecular flexibility index (Phi) is 3.42. The molecule has 1 nitrogen and oxygen atoms in total. The van der Waals surface area contributed by atoms with E-state index in [9.17, 15) is 0 Å². The molecule has 0 amide bonds. The number of nitrogens with two attached hydrogens (primary N) is 1. The van der Waals surface area contributed by atoms with Crippen LogP contribution >= 0.6 is 0 Å². The van der Waals surface area contributed by atoms with Gasteiger partial charge in [-0.15, -0.1) is 0 Å². The summed E-state index contributed by atoms with van der Waals surface area (Å²) in [5.74, 6) is 0. The summed E-state index contributed by atoms with van der Waals surface area (Å²) in [5, 5.41) is 0. The highest BCUT2D eigenvalue weighted by molar-refractivity contribution is 5.75. The van der Waals surface area contributed by atoms with Crippen molar-refractivity contribution in [3.63, 3.8) is 0 Å². The van der Waals surface area contributed by atoms with Gasteiger partial charge in [0.25, 0.3) is 0 Å². The zero-order chi connectivity index (χ0) is 13.9. The fraction of sp³-hybridized carbons (Fsp3) is 0.158. The average molecular weight is 261 g/mol. The molecular formula is C19H19N. The Hall–Kier alpha value is -2.28. The largest absolute Gasteiger partial charge is 0.399 e. The van der Waals surface area contributed by atoms with E-state index in [0.29, 0.717) is 0 Å². The third kappa shape index (κ3) is 2.67. The number of anilines is 1. The van der Waals surface area contributed by atoms with Crippen LogP contribution in [0.2, 0.25) is 0 Å². The summed E-state index contributed by atoms with van der Waals surface area (Å²) in [6.07, 6.45) is 6.76. The molecule has 2 N–H and O–H groups in total. The monoisotopic (exact) mass is 261 g/mol. The fourth-order valence-corrected chi connectivity index (χ4v) is 2.60. The molecular weight excluding hydrogens is 242 g/mol. The van der Waals surface area contributed by atoms with Gasteiger partial charge >= 0.3 is 0 Å². The van der Waals surface area contributed by atoms with Crippen molar-refractivity contribution in [3.05, 3.63) is 71.8 Å². The number of allylic oxidation sites excluding steroid dienone is 4. The van der Waals surface area contributed by atoms with E-state index >= 15 is 0 Å². The second-order valence-corrected chi connectivity index (χ2v) is 5.41. The van der Waals surface area contributed by atoms with E-state index in [1.165, 1.54) is 27.8 Å². The lowest BCUT2D eigenvalue weighted by atomic mass is 9.92. The molecule has 0 aliphatic heterocycles. The number of nitrogen functional groups attached to an aromatic ring is 1. The van der Waals surface area contributed by atoms with Gasteiger partial charge in [0.2, 0.25) is 0 Å². The van der Waals surface area contributed by atoms with Gasteiger partial charge in [0.15, 0.2) is 0 Å². The molecule has 0 unspecified atom stereocenters. The van der Waals surface area contributed by atoms with E-state index in [0.717, 1.165) is 18.5 Å². The first-order chi connectivity index (χ1) is 9.72. The van der Waals surface area contributed by atoms with Crippen molar-refractivity contribution in [2.24, 2.45) is 0 Å². The first-order valence-electron chi connectivity index (χ1n) is 7.05. The first kappa shape index (κ1) is 12.7. The van der Waals surface area contributed by atoms with Crippen molar-refractivity contribution >= 4 is 11.3 Å². The van der Waals surface area contributed by atoms with Gasteiger partial charge in [-0.25, -0.2) is 0 Å². The van der Waals surface area contributed by atoms with E-state index in [4.69, 9.17) is 5.73 Å². The first-order valence-corrected chi connectivity index (χ1v) is 7.05. The summed E-state index contributed by atoms with van der Waals surface area (Å²) in [6, 6.07) is 16.8. The number of hydrogen-bond donors (Lipinski definition) is 1. The van der Waals surface area contributed by atoms with Crippen LogP contribution in [0.15, 0.2) is 66.3 Å². The fourth-order valence-electron chi connectivity index (χ4n) is 2.60. The highest BCUT2D eigenvalue weighted by Gasteiger charge is 2.07. The zero-order valence-corrected chi connectivity index (χ0v) is 11.8. The molecule has 1 aliphatic carbocycles. The third-order valence-electron chi connectivity index (χ3n) is 3.81. The van der Waals surface area contributed by atoms with Gasteiger partial charge in [-0.05, 0) is 60.2 Å². The quantitative estimate of drug-likeness (QED) is 0.751. The second-order valence-electron chi connectivity index (χ2n) is 5.41. The summed E-state index contributed by atoms with van der Waals surface area (Å²) in [7, 11) is 0. The van der Waals surface area contributed by atoms with Crippen molar-refractivity contribution < 1.29 is 0 Å². The molecule has 0 saturated carbocycles. The standard InChI is InChI=1S/C19H19N/c1-14-8-10-15(11-9-14)16-4-2-5-17(12-16)18-6-3-7-19(20)13-18/h2-8,10,12-13H,9,11,20H2,1H3. The molecule has 0 fully saturated rings. The molecule has 3 rings (SSSR count). The van der Waals surface area contributed by atoms with Gasteiger partial charge in [0, 0.05) is 5.69 Å². The Bertz CT molecular complexity index is 692. The lowest BCUT2D eigenvalue weighted by Crippen LogP contribution is -1.92. The van der Waals surface area contributed by atoms with Crippen LogP contribution in [0.3, 0.4) is 0 Å². The molecule has 0 aromatic heterocycles. The van der Waals surface area contributed by atoms with Crippen LogP contribution in [0, 0.1) is 0 Å². The molecule has 1 aliphatic rings. The normalized spacial score (nSPS) is 14.7. The Morgan fingerprint density at radius 1 is 0.800 bits per heavy atom. The summed E-state index contributed by atoms with van der Waals surface area (Å²) in [6.45, 7) is 2.19. The molecule has 0 spiro atoms. The van der Waals surface area contributed by atoms with Gasteiger partial charge in [-0.3, -0.25) is 0 Å². The molecule has 1 heteroatoms. The Labute approximate surface area is 120 Å². The highest BCUT2D eigenvalue weighted by atomic mass is 14.5. The van der Waals surface area contributed by atoms with Gasteiger partial charge < -0.3 is 5.73 Å². The van der Waals surface area contributed by atoms with Gasteiger partial charge in [-0.2, -0.15) is 0 Å². The summed E-state index contributed by atoms with van der Waals surface area (Å²) < 4.78 is 0. The van der Waals surface area contributed by atoms with E-state index < -0.39 is 0 Å². The summed E-state index contributed by atoms with van der Waals surface area (Å²) in [5.41, 5.74) is 13.3. The molecule has 20 heavy (non-hydrogen) atoms. The van der Waals surface area contributed by atoms with E-state index in [1.807, 2.05) is 18.2 Å². The maximum absolute atomic E-state index is 5.87. The second kappa shape index (κ2) is 5.38. The Morgan fingerprint density at radius 3 is 2.20 bits per heavy atom. The number of rotatable bonds is 2. The summed E-state index contributed by atoms with van der Waals surface area (Å²) in [4.78, 5) is 0. The van der Waals surface area contributed by atoms with Crippen molar-refractivity contribution in [3.8, 4) is 11.1 Å². The molecule has 2 aromatic carbocycles. The predicted molar refractivity (Wildman–Crippen MR) is 87.3 cm³/mol. The average Bonchev–Trinajstić information content (AvgIpc) is 2.48. The molecule has 2 aromatic rings. The predicted octanol–water partition coefficient (Wildman–Crippen LogP) is 5.06. The topological polar surface area (TPSA) is 26.0 Å². The minimum absolute atomic E-state index is 0.809. The van der Waals surface area contributed by atoms with Gasteiger partial charge in [0.05, 0.1) is 0 Å².